The third-order valence-corrected chi connectivity index (χ3v) is 2.52. The largest absolute Gasteiger partial charge is 0.352 e. The van der Waals surface area contributed by atoms with Gasteiger partial charge in [-0.3, -0.25) is 4.79 Å². The lowest BCUT2D eigenvalue weighted by atomic mass is 10.2. The van der Waals surface area contributed by atoms with E-state index in [-0.39, 0.29) is 5.91 Å². The molecule has 16 heavy (non-hydrogen) atoms. The Morgan fingerprint density at radius 1 is 1.50 bits per heavy atom. The van der Waals surface area contributed by atoms with E-state index in [9.17, 15) is 4.79 Å². The SMILES string of the molecule is CCCNC(=O)c1ccc2c(c1)ncn2C. The van der Waals surface area contributed by atoms with Gasteiger partial charge in [-0.2, -0.15) is 0 Å². The van der Waals surface area contributed by atoms with Gasteiger partial charge in [-0.1, -0.05) is 6.92 Å². The van der Waals surface area contributed by atoms with Gasteiger partial charge in [-0.05, 0) is 24.6 Å². The number of hydrogen-bond donors (Lipinski definition) is 1. The third-order valence-electron chi connectivity index (χ3n) is 2.52. The van der Waals surface area contributed by atoms with Gasteiger partial charge < -0.3 is 9.88 Å². The minimum Gasteiger partial charge on any atom is -0.352 e. The second-order valence-corrected chi connectivity index (χ2v) is 3.81. The molecule has 4 nitrogen and oxygen atoms in total. The van der Waals surface area contributed by atoms with Gasteiger partial charge in [0.05, 0.1) is 17.4 Å². The van der Waals surface area contributed by atoms with Gasteiger partial charge in [0.2, 0.25) is 0 Å². The van der Waals surface area contributed by atoms with Crippen LogP contribution >= 0.6 is 0 Å². The molecule has 0 aliphatic heterocycles. The molecule has 0 aliphatic rings. The predicted octanol–water partition coefficient (Wildman–Crippen LogP) is 1.71. The van der Waals surface area contributed by atoms with E-state index in [2.05, 4.69) is 10.3 Å². The normalized spacial score (nSPS) is 10.6. The number of imidazole rings is 1. The highest BCUT2D eigenvalue weighted by Gasteiger charge is 2.07. The maximum absolute atomic E-state index is 11.7. The lowest BCUT2D eigenvalue weighted by Gasteiger charge is -2.03. The Hall–Kier alpha value is -1.84. The highest BCUT2D eigenvalue weighted by atomic mass is 16.1. The van der Waals surface area contributed by atoms with Crippen molar-refractivity contribution in [2.75, 3.05) is 6.54 Å². The van der Waals surface area contributed by atoms with Crippen LogP contribution in [0.2, 0.25) is 0 Å². The molecule has 2 aromatic rings. The van der Waals surface area contributed by atoms with Crippen molar-refractivity contribution in [1.82, 2.24) is 14.9 Å². The van der Waals surface area contributed by atoms with Gasteiger partial charge in [-0.15, -0.1) is 0 Å². The summed E-state index contributed by atoms with van der Waals surface area (Å²) in [6.07, 6.45) is 2.69. The lowest BCUT2D eigenvalue weighted by Crippen LogP contribution is -2.23. The number of rotatable bonds is 3. The van der Waals surface area contributed by atoms with Crippen molar-refractivity contribution in [3.8, 4) is 0 Å². The molecule has 1 heterocycles. The fourth-order valence-corrected chi connectivity index (χ4v) is 1.62. The van der Waals surface area contributed by atoms with Crippen LogP contribution in [0.15, 0.2) is 24.5 Å². The number of carbonyl (C=O) groups excluding carboxylic acids is 1. The zero-order valence-electron chi connectivity index (χ0n) is 9.53. The van der Waals surface area contributed by atoms with Crippen LogP contribution in [0.1, 0.15) is 23.7 Å². The van der Waals surface area contributed by atoms with E-state index in [1.54, 1.807) is 6.33 Å². The molecule has 0 radical (unpaired) electrons. The summed E-state index contributed by atoms with van der Waals surface area (Å²) in [5, 5.41) is 2.85. The van der Waals surface area contributed by atoms with E-state index in [4.69, 9.17) is 0 Å². The molecule has 84 valence electrons. The van der Waals surface area contributed by atoms with E-state index in [1.807, 2.05) is 36.7 Å². The van der Waals surface area contributed by atoms with E-state index >= 15 is 0 Å². The lowest BCUT2D eigenvalue weighted by molar-refractivity contribution is 0.0954. The number of fused-ring (bicyclic) bond motifs is 1. The number of aryl methyl sites for hydroxylation is 1. The first-order valence-electron chi connectivity index (χ1n) is 5.41. The van der Waals surface area contributed by atoms with Crippen LogP contribution in [0.3, 0.4) is 0 Å². The van der Waals surface area contributed by atoms with Crippen molar-refractivity contribution in [1.29, 1.82) is 0 Å². The first-order chi connectivity index (χ1) is 7.72. The summed E-state index contributed by atoms with van der Waals surface area (Å²) in [6.45, 7) is 2.74. The van der Waals surface area contributed by atoms with Crippen molar-refractivity contribution in [3.05, 3.63) is 30.1 Å². The van der Waals surface area contributed by atoms with E-state index in [1.165, 1.54) is 0 Å². The Morgan fingerprint density at radius 2 is 2.31 bits per heavy atom. The number of nitrogens with zero attached hydrogens (tertiary/aromatic N) is 2. The molecule has 1 aromatic heterocycles. The molecule has 0 fully saturated rings. The zero-order valence-corrected chi connectivity index (χ0v) is 9.53. The topological polar surface area (TPSA) is 46.9 Å². The maximum atomic E-state index is 11.7. The average molecular weight is 217 g/mol. The Labute approximate surface area is 94.3 Å². The van der Waals surface area contributed by atoms with Gasteiger partial charge in [-0.25, -0.2) is 4.98 Å². The average Bonchev–Trinajstić information content (AvgIpc) is 2.67. The molecule has 0 bridgehead atoms. The van der Waals surface area contributed by atoms with Crippen LogP contribution in [0, 0.1) is 0 Å². The summed E-state index contributed by atoms with van der Waals surface area (Å²) in [7, 11) is 1.94. The van der Waals surface area contributed by atoms with Crippen molar-refractivity contribution in [2.45, 2.75) is 13.3 Å². The molecule has 1 aromatic carbocycles. The second kappa shape index (κ2) is 4.35. The summed E-state index contributed by atoms with van der Waals surface area (Å²) in [5.41, 5.74) is 2.55. The molecule has 1 N–H and O–H groups in total. The van der Waals surface area contributed by atoms with Crippen LogP contribution in [0.5, 0.6) is 0 Å². The minimum atomic E-state index is -0.0330. The van der Waals surface area contributed by atoms with Gasteiger partial charge in [0.25, 0.3) is 5.91 Å². The minimum absolute atomic E-state index is 0.0330. The Bertz CT molecular complexity index is 516. The number of amides is 1. The van der Waals surface area contributed by atoms with Crippen LogP contribution in [0.4, 0.5) is 0 Å². The van der Waals surface area contributed by atoms with Gasteiger partial charge >= 0.3 is 0 Å². The van der Waals surface area contributed by atoms with Crippen molar-refractivity contribution in [3.63, 3.8) is 0 Å². The van der Waals surface area contributed by atoms with Crippen LogP contribution in [0.25, 0.3) is 11.0 Å². The number of hydrogen-bond acceptors (Lipinski definition) is 2. The van der Waals surface area contributed by atoms with E-state index in [0.29, 0.717) is 12.1 Å². The van der Waals surface area contributed by atoms with E-state index < -0.39 is 0 Å². The molecular weight excluding hydrogens is 202 g/mol. The van der Waals surface area contributed by atoms with E-state index in [0.717, 1.165) is 17.5 Å². The Kier molecular flexibility index (Phi) is 2.90. The molecule has 0 aliphatic carbocycles. The summed E-state index contributed by atoms with van der Waals surface area (Å²) in [4.78, 5) is 15.9. The third kappa shape index (κ3) is 1.91. The fourth-order valence-electron chi connectivity index (χ4n) is 1.62. The van der Waals surface area contributed by atoms with Crippen LogP contribution in [-0.4, -0.2) is 22.0 Å². The first-order valence-corrected chi connectivity index (χ1v) is 5.41. The van der Waals surface area contributed by atoms with Gasteiger partial charge in [0, 0.05) is 19.2 Å². The predicted molar refractivity (Wildman–Crippen MR) is 63.3 cm³/mol. The van der Waals surface area contributed by atoms with Gasteiger partial charge in [0.15, 0.2) is 0 Å². The molecule has 0 unspecified atom stereocenters. The fraction of sp³-hybridized carbons (Fsp3) is 0.333. The van der Waals surface area contributed by atoms with Crippen molar-refractivity contribution in [2.24, 2.45) is 7.05 Å². The molecule has 0 atom stereocenters. The molecule has 2 rings (SSSR count). The Morgan fingerprint density at radius 3 is 3.06 bits per heavy atom. The zero-order chi connectivity index (χ0) is 11.5. The van der Waals surface area contributed by atoms with Crippen molar-refractivity contribution < 1.29 is 4.79 Å². The monoisotopic (exact) mass is 217 g/mol. The maximum Gasteiger partial charge on any atom is 0.251 e. The summed E-state index contributed by atoms with van der Waals surface area (Å²) < 4.78 is 1.93. The Balaban J connectivity index is 2.29. The highest BCUT2D eigenvalue weighted by molar-refractivity contribution is 5.97. The van der Waals surface area contributed by atoms with Crippen molar-refractivity contribution >= 4 is 16.9 Å². The molecule has 0 spiro atoms. The molecular formula is C12H15N3O. The number of aromatic nitrogens is 2. The van der Waals surface area contributed by atoms with Crippen LogP contribution < -0.4 is 5.32 Å². The molecule has 1 amide bonds. The quantitative estimate of drug-likeness (QED) is 0.850. The molecule has 0 saturated heterocycles. The standard InChI is InChI=1S/C12H15N3O/c1-3-6-13-12(16)9-4-5-11-10(7-9)14-8-15(11)2/h4-5,7-8H,3,6H2,1-2H3,(H,13,16). The number of carbonyl (C=O) groups is 1. The summed E-state index contributed by atoms with van der Waals surface area (Å²) >= 11 is 0. The molecule has 0 saturated carbocycles. The number of benzene rings is 1. The smallest absolute Gasteiger partial charge is 0.251 e. The van der Waals surface area contributed by atoms with Crippen LogP contribution in [-0.2, 0) is 7.05 Å². The molecule has 4 heteroatoms. The second-order valence-electron chi connectivity index (χ2n) is 3.81. The summed E-state index contributed by atoms with van der Waals surface area (Å²) in [5.74, 6) is -0.0330. The number of nitrogens with one attached hydrogen (secondary N) is 1. The summed E-state index contributed by atoms with van der Waals surface area (Å²) in [6, 6.07) is 5.57. The first kappa shape index (κ1) is 10.7. The van der Waals surface area contributed by atoms with Gasteiger partial charge in [0.1, 0.15) is 0 Å². The highest BCUT2D eigenvalue weighted by Crippen LogP contribution is 2.13.